The van der Waals surface area contributed by atoms with E-state index in [9.17, 15) is 4.79 Å². The van der Waals surface area contributed by atoms with Crippen LogP contribution in [0.15, 0.2) is 102 Å². The molecule has 0 unspecified atom stereocenters. The molecule has 0 aliphatic rings. The van der Waals surface area contributed by atoms with Crippen molar-refractivity contribution < 1.29 is 28.8 Å². The SMILES string of the molecule is CS/C=C(\NC(=O)C(C)(C)C)[P+](c1ccccc1)(c1ccccc1)c1ccccc1.[I-]. The molecule has 3 aromatic rings. The average molecular weight is 561 g/mol. The molecule has 3 aromatic carbocycles. The molecule has 0 saturated carbocycles. The van der Waals surface area contributed by atoms with Gasteiger partial charge in [0.15, 0.2) is 12.7 Å². The van der Waals surface area contributed by atoms with E-state index in [0.717, 1.165) is 5.44 Å². The summed E-state index contributed by atoms with van der Waals surface area (Å²) in [6.45, 7) is 5.85. The van der Waals surface area contributed by atoms with Crippen LogP contribution in [0.2, 0.25) is 0 Å². The lowest BCUT2D eigenvalue weighted by Gasteiger charge is -2.30. The molecule has 0 atom stereocenters. The smallest absolute Gasteiger partial charge is 0.232 e. The molecule has 1 N–H and O–H groups in total. The number of amides is 1. The molecule has 0 saturated heterocycles. The Balaban J connectivity index is 0.00000341. The Kier molecular flexibility index (Phi) is 9.35. The van der Waals surface area contributed by atoms with Crippen LogP contribution in [0, 0.1) is 5.41 Å². The number of carbonyl (C=O) groups is 1. The number of halogens is 1. The summed E-state index contributed by atoms with van der Waals surface area (Å²) in [6.07, 6.45) is 2.04. The van der Waals surface area contributed by atoms with Gasteiger partial charge in [-0.3, -0.25) is 10.1 Å². The van der Waals surface area contributed by atoms with E-state index in [1.807, 2.05) is 45.2 Å². The molecular weight excluding hydrogens is 532 g/mol. The zero-order valence-electron chi connectivity index (χ0n) is 18.4. The summed E-state index contributed by atoms with van der Waals surface area (Å²) in [6, 6.07) is 31.7. The fourth-order valence-electron chi connectivity index (χ4n) is 3.43. The summed E-state index contributed by atoms with van der Waals surface area (Å²) in [5.41, 5.74) is 0.482. The fraction of sp³-hybridized carbons (Fsp3) is 0.192. The minimum Gasteiger partial charge on any atom is -1.00 e. The number of benzene rings is 3. The van der Waals surface area contributed by atoms with Gasteiger partial charge in [-0.2, -0.15) is 0 Å². The molecule has 0 radical (unpaired) electrons. The molecule has 0 spiro atoms. The average Bonchev–Trinajstić information content (AvgIpc) is 2.76. The number of thioether (sulfide) groups is 1. The summed E-state index contributed by atoms with van der Waals surface area (Å²) >= 11 is 1.62. The monoisotopic (exact) mass is 561 g/mol. The Morgan fingerprint density at radius 3 is 1.42 bits per heavy atom. The molecule has 0 aromatic heterocycles. The lowest BCUT2D eigenvalue weighted by Crippen LogP contribution is -3.00. The van der Waals surface area contributed by atoms with Gasteiger partial charge in [0, 0.05) is 10.8 Å². The van der Waals surface area contributed by atoms with Crippen LogP contribution in [-0.4, -0.2) is 12.2 Å². The minimum absolute atomic E-state index is 0. The standard InChI is InChI=1S/C26H28NOPS.HI/c1-26(2,3)25(28)27-24(20-30-4)29(21-14-8-5-9-15-21,22-16-10-6-11-17-22)23-18-12-7-13-19-23;/h5-20H,1-4H3;1H/b24-20+;. The first-order valence-corrected chi connectivity index (χ1v) is 13.1. The lowest BCUT2D eigenvalue weighted by molar-refractivity contribution is -0.127. The third-order valence-corrected chi connectivity index (χ3v) is 9.77. The van der Waals surface area contributed by atoms with E-state index in [-0.39, 0.29) is 29.9 Å². The second kappa shape index (κ2) is 11.3. The Bertz CT molecular complexity index is 905. The zero-order chi connectivity index (χ0) is 21.6. The highest BCUT2D eigenvalue weighted by molar-refractivity contribution is 8.03. The highest BCUT2D eigenvalue weighted by Gasteiger charge is 2.51. The Labute approximate surface area is 208 Å². The number of hydrogen-bond donors (Lipinski definition) is 1. The van der Waals surface area contributed by atoms with Crippen LogP contribution in [0.3, 0.4) is 0 Å². The van der Waals surface area contributed by atoms with Crippen molar-refractivity contribution >= 4 is 40.8 Å². The highest BCUT2D eigenvalue weighted by Crippen LogP contribution is 2.61. The van der Waals surface area contributed by atoms with Crippen LogP contribution in [0.4, 0.5) is 0 Å². The van der Waals surface area contributed by atoms with Crippen LogP contribution in [-0.2, 0) is 4.79 Å². The van der Waals surface area contributed by atoms with Crippen LogP contribution in [0.5, 0.6) is 0 Å². The highest BCUT2D eigenvalue weighted by atomic mass is 127. The zero-order valence-corrected chi connectivity index (χ0v) is 22.2. The largest absolute Gasteiger partial charge is 1.00 e. The van der Waals surface area contributed by atoms with Gasteiger partial charge in [-0.15, -0.1) is 11.8 Å². The van der Waals surface area contributed by atoms with Crippen molar-refractivity contribution in [3.05, 3.63) is 102 Å². The lowest BCUT2D eigenvalue weighted by atomic mass is 9.96. The van der Waals surface area contributed by atoms with E-state index < -0.39 is 12.7 Å². The van der Waals surface area contributed by atoms with Crippen LogP contribution in [0.1, 0.15) is 20.8 Å². The van der Waals surface area contributed by atoms with Crippen LogP contribution >= 0.6 is 19.0 Å². The van der Waals surface area contributed by atoms with Gasteiger partial charge in [-0.05, 0) is 42.7 Å². The molecule has 162 valence electrons. The number of carbonyl (C=O) groups excluding carboxylic acids is 1. The van der Waals surface area contributed by atoms with Crippen LogP contribution < -0.4 is 45.2 Å². The molecule has 0 bridgehead atoms. The molecule has 3 rings (SSSR count). The first-order chi connectivity index (χ1) is 14.4. The van der Waals surface area contributed by atoms with Gasteiger partial charge in [-0.1, -0.05) is 75.4 Å². The maximum atomic E-state index is 13.1. The minimum atomic E-state index is -2.30. The molecule has 0 aliphatic heterocycles. The Morgan fingerprint density at radius 2 is 1.13 bits per heavy atom. The maximum Gasteiger partial charge on any atom is 0.232 e. The van der Waals surface area contributed by atoms with Gasteiger partial charge in [0.05, 0.1) is 0 Å². The maximum absolute atomic E-state index is 13.1. The molecule has 0 fully saturated rings. The summed E-state index contributed by atoms with van der Waals surface area (Å²) in [5, 5.41) is 9.12. The number of nitrogens with one attached hydrogen (secondary N) is 1. The first-order valence-electron chi connectivity index (χ1n) is 10.0. The summed E-state index contributed by atoms with van der Waals surface area (Å²) < 4.78 is 0. The van der Waals surface area contributed by atoms with E-state index in [4.69, 9.17) is 0 Å². The summed E-state index contributed by atoms with van der Waals surface area (Å²) in [4.78, 5) is 13.1. The van der Waals surface area contributed by atoms with E-state index in [2.05, 4.69) is 83.5 Å². The molecule has 0 heterocycles. The Hall–Kier alpha value is -1.62. The van der Waals surface area contributed by atoms with Gasteiger partial charge in [-0.25, -0.2) is 0 Å². The topological polar surface area (TPSA) is 29.1 Å². The van der Waals surface area contributed by atoms with Gasteiger partial charge in [0.25, 0.3) is 0 Å². The predicted octanol–water partition coefficient (Wildman–Crippen LogP) is 2.31. The molecule has 31 heavy (non-hydrogen) atoms. The third-order valence-electron chi connectivity index (χ3n) is 4.94. The predicted molar refractivity (Wildman–Crippen MR) is 134 cm³/mol. The third kappa shape index (κ3) is 5.60. The van der Waals surface area contributed by atoms with E-state index in [1.165, 1.54) is 15.9 Å². The van der Waals surface area contributed by atoms with Gasteiger partial charge < -0.3 is 24.0 Å². The summed E-state index contributed by atoms with van der Waals surface area (Å²) in [5.74, 6) is 0.0231. The second-order valence-corrected chi connectivity index (χ2v) is 12.2. The van der Waals surface area contributed by atoms with Crippen molar-refractivity contribution in [1.82, 2.24) is 5.32 Å². The van der Waals surface area contributed by atoms with Crippen LogP contribution in [0.25, 0.3) is 0 Å². The van der Waals surface area contributed by atoms with Gasteiger partial charge in [0.1, 0.15) is 15.9 Å². The normalized spacial score (nSPS) is 12.1. The van der Waals surface area contributed by atoms with Crippen molar-refractivity contribution in [1.29, 1.82) is 0 Å². The second-order valence-electron chi connectivity index (χ2n) is 8.12. The van der Waals surface area contributed by atoms with Crippen molar-refractivity contribution in [3.8, 4) is 0 Å². The van der Waals surface area contributed by atoms with Crippen molar-refractivity contribution in [2.24, 2.45) is 5.41 Å². The number of rotatable bonds is 6. The quantitative estimate of drug-likeness (QED) is 0.370. The van der Waals surface area contributed by atoms with Gasteiger partial charge >= 0.3 is 0 Å². The molecular formula is C26H29INOPS. The van der Waals surface area contributed by atoms with Crippen molar-refractivity contribution in [2.45, 2.75) is 20.8 Å². The number of hydrogen-bond acceptors (Lipinski definition) is 2. The molecule has 1 amide bonds. The van der Waals surface area contributed by atoms with E-state index >= 15 is 0 Å². The van der Waals surface area contributed by atoms with Gasteiger partial charge in [0.2, 0.25) is 5.91 Å². The van der Waals surface area contributed by atoms with E-state index in [1.54, 1.807) is 11.8 Å². The fourth-order valence-corrected chi connectivity index (χ4v) is 8.51. The molecule has 5 heteroatoms. The van der Waals surface area contributed by atoms with E-state index in [0.29, 0.717) is 0 Å². The molecule has 2 nitrogen and oxygen atoms in total. The first kappa shape index (κ1) is 25.6. The van der Waals surface area contributed by atoms with Crippen molar-refractivity contribution in [2.75, 3.05) is 6.26 Å². The summed E-state index contributed by atoms with van der Waals surface area (Å²) in [7, 11) is -2.30. The Morgan fingerprint density at radius 1 is 0.774 bits per heavy atom. The van der Waals surface area contributed by atoms with Crippen molar-refractivity contribution in [3.63, 3.8) is 0 Å². The molecule has 0 aliphatic carbocycles.